The van der Waals surface area contributed by atoms with Crippen molar-refractivity contribution in [1.29, 1.82) is 0 Å². The predicted molar refractivity (Wildman–Crippen MR) is 114 cm³/mol. The van der Waals surface area contributed by atoms with Crippen LogP contribution >= 0.6 is 22.9 Å². The second-order valence-corrected chi connectivity index (χ2v) is 8.62. The Morgan fingerprint density at radius 1 is 1.35 bits per heavy atom. The smallest absolute Gasteiger partial charge is 0.330 e. The Morgan fingerprint density at radius 2 is 2.19 bits per heavy atom. The molecule has 0 aromatic carbocycles. The molecule has 9 nitrogen and oxygen atoms in total. The number of halogens is 1. The molecule has 0 radical (unpaired) electrons. The number of amides is 2. The van der Waals surface area contributed by atoms with Crippen molar-refractivity contribution < 1.29 is 23.9 Å². The summed E-state index contributed by atoms with van der Waals surface area (Å²) in [5, 5.41) is 1.40. The number of methoxy groups -OCH3 is 1. The predicted octanol–water partition coefficient (Wildman–Crippen LogP) is 2.07. The van der Waals surface area contributed by atoms with Gasteiger partial charge in [-0.15, -0.1) is 0 Å². The summed E-state index contributed by atoms with van der Waals surface area (Å²) in [6.45, 7) is -0.259. The number of thiophene rings is 1. The van der Waals surface area contributed by atoms with Gasteiger partial charge in [0.15, 0.2) is 11.7 Å². The standard InChI is InChI=1S/C20H19ClN4O5S/c1-29-20(28)15-9-24(8-13-6-12-7-22-5-4-14(12)23-13)17(26)10-25(15)18(27)11-30-19-3-2-16(21)31-19/h2-7,15,23H,8-11H2,1H3. The third-order valence-electron chi connectivity index (χ3n) is 4.95. The van der Waals surface area contributed by atoms with Crippen molar-refractivity contribution in [2.75, 3.05) is 26.8 Å². The molecule has 1 aliphatic rings. The number of carbonyl (C=O) groups excluding carboxylic acids is 3. The summed E-state index contributed by atoms with van der Waals surface area (Å²) < 4.78 is 10.9. The lowest BCUT2D eigenvalue weighted by Crippen LogP contribution is -2.61. The first kappa shape index (κ1) is 21.1. The van der Waals surface area contributed by atoms with Crippen molar-refractivity contribution in [2.24, 2.45) is 0 Å². The van der Waals surface area contributed by atoms with E-state index in [0.717, 1.165) is 16.6 Å². The number of fused-ring (bicyclic) bond motifs is 1. The largest absolute Gasteiger partial charge is 0.474 e. The van der Waals surface area contributed by atoms with Crippen LogP contribution in [0.3, 0.4) is 0 Å². The molecule has 162 valence electrons. The van der Waals surface area contributed by atoms with Gasteiger partial charge >= 0.3 is 5.97 Å². The van der Waals surface area contributed by atoms with E-state index in [0.29, 0.717) is 9.40 Å². The molecule has 31 heavy (non-hydrogen) atoms. The Morgan fingerprint density at radius 3 is 2.90 bits per heavy atom. The number of aromatic nitrogens is 2. The normalized spacial score (nSPS) is 16.6. The van der Waals surface area contributed by atoms with E-state index in [1.54, 1.807) is 24.5 Å². The molecule has 0 aliphatic carbocycles. The van der Waals surface area contributed by atoms with Crippen molar-refractivity contribution in [3.05, 3.63) is 46.7 Å². The first-order valence-corrected chi connectivity index (χ1v) is 10.6. The van der Waals surface area contributed by atoms with Gasteiger partial charge in [-0.3, -0.25) is 14.6 Å². The number of esters is 1. The zero-order valence-corrected chi connectivity index (χ0v) is 18.1. The lowest BCUT2D eigenvalue weighted by Gasteiger charge is -2.39. The van der Waals surface area contributed by atoms with Crippen molar-refractivity contribution in [3.63, 3.8) is 0 Å². The highest BCUT2D eigenvalue weighted by atomic mass is 35.5. The number of rotatable bonds is 6. The van der Waals surface area contributed by atoms with Crippen molar-refractivity contribution in [1.82, 2.24) is 19.8 Å². The number of ether oxygens (including phenoxy) is 2. The molecule has 0 spiro atoms. The van der Waals surface area contributed by atoms with Crippen LogP contribution in [0.25, 0.3) is 10.9 Å². The molecular formula is C20H19ClN4O5S. The van der Waals surface area contributed by atoms with Gasteiger partial charge in [0.25, 0.3) is 5.91 Å². The molecule has 1 saturated heterocycles. The fourth-order valence-electron chi connectivity index (χ4n) is 3.43. The van der Waals surface area contributed by atoms with Gasteiger partial charge in [0.05, 0.1) is 24.5 Å². The minimum Gasteiger partial charge on any atom is -0.474 e. The van der Waals surface area contributed by atoms with E-state index >= 15 is 0 Å². The van der Waals surface area contributed by atoms with Gasteiger partial charge in [0.1, 0.15) is 12.6 Å². The van der Waals surface area contributed by atoms with E-state index in [1.165, 1.54) is 28.2 Å². The number of aromatic amines is 1. The molecule has 1 aliphatic heterocycles. The van der Waals surface area contributed by atoms with Crippen LogP contribution in [0.4, 0.5) is 0 Å². The highest BCUT2D eigenvalue weighted by molar-refractivity contribution is 7.17. The average molecular weight is 463 g/mol. The van der Waals surface area contributed by atoms with Gasteiger partial charge in [-0.2, -0.15) is 0 Å². The maximum absolute atomic E-state index is 12.8. The second-order valence-electron chi connectivity index (χ2n) is 6.94. The van der Waals surface area contributed by atoms with Gasteiger partial charge in [0.2, 0.25) is 5.91 Å². The van der Waals surface area contributed by atoms with Crippen LogP contribution in [-0.4, -0.2) is 70.4 Å². The monoisotopic (exact) mass is 462 g/mol. The van der Waals surface area contributed by atoms with E-state index < -0.39 is 17.9 Å². The summed E-state index contributed by atoms with van der Waals surface area (Å²) >= 11 is 7.05. The number of H-pyrrole nitrogens is 1. The highest BCUT2D eigenvalue weighted by Gasteiger charge is 2.40. The molecule has 11 heteroatoms. The number of carbonyl (C=O) groups is 3. The van der Waals surface area contributed by atoms with Gasteiger partial charge in [-0.1, -0.05) is 22.9 Å². The average Bonchev–Trinajstić information content (AvgIpc) is 3.37. The Kier molecular flexibility index (Phi) is 6.10. The summed E-state index contributed by atoms with van der Waals surface area (Å²) in [5.74, 6) is -1.35. The van der Waals surface area contributed by atoms with Gasteiger partial charge in [-0.25, -0.2) is 4.79 Å². The van der Waals surface area contributed by atoms with Crippen LogP contribution in [0.1, 0.15) is 5.69 Å². The Labute approximate surface area is 186 Å². The Balaban J connectivity index is 1.46. The summed E-state index contributed by atoms with van der Waals surface area (Å²) in [6.07, 6.45) is 3.41. The van der Waals surface area contributed by atoms with Crippen LogP contribution in [0, 0.1) is 0 Å². The molecule has 2 amide bonds. The van der Waals surface area contributed by atoms with Gasteiger partial charge < -0.3 is 24.3 Å². The highest BCUT2D eigenvalue weighted by Crippen LogP contribution is 2.28. The van der Waals surface area contributed by atoms with Crippen molar-refractivity contribution >= 4 is 51.6 Å². The van der Waals surface area contributed by atoms with Crippen molar-refractivity contribution in [3.8, 4) is 5.06 Å². The molecule has 4 rings (SSSR count). The molecule has 0 saturated carbocycles. The third-order valence-corrected chi connectivity index (χ3v) is 6.09. The van der Waals surface area contributed by atoms with Crippen LogP contribution in [-0.2, 0) is 25.7 Å². The summed E-state index contributed by atoms with van der Waals surface area (Å²) in [4.78, 5) is 47.9. The lowest BCUT2D eigenvalue weighted by molar-refractivity contribution is -0.162. The van der Waals surface area contributed by atoms with Crippen LogP contribution < -0.4 is 4.74 Å². The molecule has 0 bridgehead atoms. The third kappa shape index (κ3) is 4.64. The van der Waals surface area contributed by atoms with E-state index in [4.69, 9.17) is 21.1 Å². The quantitative estimate of drug-likeness (QED) is 0.562. The Bertz CT molecular complexity index is 1100. The number of hydrogen-bond acceptors (Lipinski definition) is 7. The maximum Gasteiger partial charge on any atom is 0.330 e. The molecule has 3 aromatic heterocycles. The number of nitrogens with one attached hydrogen (secondary N) is 1. The fraction of sp³-hybridized carbons (Fsp3) is 0.300. The van der Waals surface area contributed by atoms with Crippen LogP contribution in [0.5, 0.6) is 5.06 Å². The van der Waals surface area contributed by atoms with Crippen LogP contribution in [0.15, 0.2) is 36.7 Å². The molecule has 3 aromatic rings. The first-order chi connectivity index (χ1) is 14.9. The minimum atomic E-state index is -0.920. The van der Waals surface area contributed by atoms with Crippen LogP contribution in [0.2, 0.25) is 4.34 Å². The molecule has 1 N–H and O–H groups in total. The second kappa shape index (κ2) is 8.94. The number of nitrogens with zero attached hydrogens (tertiary/aromatic N) is 3. The van der Waals surface area contributed by atoms with Gasteiger partial charge in [-0.05, 0) is 24.3 Å². The zero-order chi connectivity index (χ0) is 22.0. The number of hydrogen-bond donors (Lipinski definition) is 1. The van der Waals surface area contributed by atoms with E-state index in [1.807, 2.05) is 12.1 Å². The van der Waals surface area contributed by atoms with E-state index in [-0.39, 0.29) is 32.1 Å². The van der Waals surface area contributed by atoms with E-state index in [2.05, 4.69) is 9.97 Å². The van der Waals surface area contributed by atoms with E-state index in [9.17, 15) is 14.4 Å². The molecule has 4 heterocycles. The fourth-order valence-corrected chi connectivity index (χ4v) is 4.31. The first-order valence-electron chi connectivity index (χ1n) is 9.39. The Hall–Kier alpha value is -3.11. The SMILES string of the molecule is COC(=O)C1CN(Cc2cc3cnccc3[nH]2)C(=O)CN1C(=O)COc1ccc(Cl)s1. The summed E-state index contributed by atoms with van der Waals surface area (Å²) in [6, 6.07) is 6.13. The number of pyridine rings is 1. The zero-order valence-electron chi connectivity index (χ0n) is 16.5. The topological polar surface area (TPSA) is 105 Å². The summed E-state index contributed by atoms with van der Waals surface area (Å²) in [5.41, 5.74) is 1.71. The molecule has 1 fully saturated rings. The number of piperazine rings is 1. The molecule has 1 atom stereocenters. The lowest BCUT2D eigenvalue weighted by atomic mass is 10.1. The minimum absolute atomic E-state index is 0.0235. The maximum atomic E-state index is 12.8. The summed E-state index contributed by atoms with van der Waals surface area (Å²) in [7, 11) is 1.25. The van der Waals surface area contributed by atoms with Crippen molar-refractivity contribution in [2.45, 2.75) is 12.6 Å². The molecular weight excluding hydrogens is 444 g/mol. The molecule has 1 unspecified atom stereocenters. The van der Waals surface area contributed by atoms with Gasteiger partial charge in [0, 0.05) is 29.0 Å².